The number of piperidine rings is 1. The first-order chi connectivity index (χ1) is 56.4. The van der Waals surface area contributed by atoms with Crippen molar-refractivity contribution < 1.29 is 77.2 Å². The molecule has 0 unspecified atom stereocenters. The fourth-order valence-corrected chi connectivity index (χ4v) is 17.0. The molecule has 3 saturated heterocycles. The minimum Gasteiger partial charge on any atom is -0.507 e. The number of thiazole rings is 1. The minimum absolute atomic E-state index is 0.00165. The third-order valence-electron chi connectivity index (χ3n) is 22.4. The third-order valence-corrected chi connectivity index (χ3v) is 23.4. The molecule has 13 rings (SSSR count). The number of amides is 9. The van der Waals surface area contributed by atoms with Crippen LogP contribution in [0.1, 0.15) is 124 Å². The quantitative estimate of drug-likeness (QED) is 0.0183. The highest BCUT2D eigenvalue weighted by Crippen LogP contribution is 2.46. The van der Waals surface area contributed by atoms with Crippen LogP contribution in [0.2, 0.25) is 0 Å². The number of aliphatic carboxylic acids is 1. The number of aryl methyl sites for hydroxylation is 1. The Balaban J connectivity index is 0.589. The van der Waals surface area contributed by atoms with Gasteiger partial charge in [0, 0.05) is 81.4 Å². The number of alkyl carbamates (subject to hydrolysis) is 1. The molecule has 8 atom stereocenters. The van der Waals surface area contributed by atoms with E-state index in [-0.39, 0.29) is 105 Å². The number of aromatic nitrogens is 4. The highest BCUT2D eigenvalue weighted by atomic mass is 32.1. The summed E-state index contributed by atoms with van der Waals surface area (Å²) in [5, 5.41) is 60.5. The maximum absolute atomic E-state index is 14.7. The maximum Gasteiger partial charge on any atom is 0.416 e. The summed E-state index contributed by atoms with van der Waals surface area (Å²) in [4.78, 5) is 136. The van der Waals surface area contributed by atoms with Gasteiger partial charge in [0.1, 0.15) is 49.6 Å². The van der Waals surface area contributed by atoms with E-state index in [0.29, 0.717) is 66.0 Å². The number of likely N-dealkylation sites (tertiary alicyclic amines) is 2. The van der Waals surface area contributed by atoms with Crippen LogP contribution in [0, 0.1) is 12.8 Å². The lowest BCUT2D eigenvalue weighted by molar-refractivity contribution is -0.141. The number of carbonyl (C=O) groups is 9. The van der Waals surface area contributed by atoms with Crippen molar-refractivity contribution in [3.05, 3.63) is 173 Å². The molecule has 0 spiro atoms. The van der Waals surface area contributed by atoms with Gasteiger partial charge in [0.2, 0.25) is 29.5 Å². The number of carboxylic acid groups (broad SMARTS) is 1. The Kier molecular flexibility index (Phi) is 26.7. The van der Waals surface area contributed by atoms with Crippen LogP contribution in [0.5, 0.6) is 11.6 Å². The van der Waals surface area contributed by atoms with Gasteiger partial charge in [-0.2, -0.15) is 0 Å². The zero-order chi connectivity index (χ0) is 82.6. The zero-order valence-corrected chi connectivity index (χ0v) is 66.5. The Morgan fingerprint density at radius 1 is 0.761 bits per heavy atom. The van der Waals surface area contributed by atoms with Crippen molar-refractivity contribution >= 4 is 82.3 Å². The van der Waals surface area contributed by atoms with Crippen molar-refractivity contribution in [1.82, 2.24) is 61.6 Å². The van der Waals surface area contributed by atoms with Crippen molar-refractivity contribution in [2.75, 3.05) is 87.2 Å². The second kappa shape index (κ2) is 37.7. The highest BCUT2D eigenvalue weighted by molar-refractivity contribution is 7.13. The van der Waals surface area contributed by atoms with Crippen molar-refractivity contribution in [1.29, 1.82) is 0 Å². The minimum atomic E-state index is -1.41. The molecule has 33 heteroatoms. The fourth-order valence-electron chi connectivity index (χ4n) is 16.2. The van der Waals surface area contributed by atoms with Gasteiger partial charge in [0.05, 0.1) is 58.2 Å². The summed E-state index contributed by atoms with van der Waals surface area (Å²) in [7, 11) is 0. The van der Waals surface area contributed by atoms with E-state index in [1.54, 1.807) is 65.9 Å². The monoisotopic (exact) mass is 1620 g/mol. The summed E-state index contributed by atoms with van der Waals surface area (Å²) < 4.78 is 23.6. The van der Waals surface area contributed by atoms with E-state index in [1.165, 1.54) is 9.80 Å². The summed E-state index contributed by atoms with van der Waals surface area (Å²) in [5.74, 6) is -4.75. The molecule has 3 fully saturated rings. The van der Waals surface area contributed by atoms with E-state index >= 15 is 0 Å². The molecule has 8 aromatic rings. The third kappa shape index (κ3) is 19.9. The van der Waals surface area contributed by atoms with Crippen LogP contribution in [0.4, 0.5) is 31.6 Å². The average molecular weight is 1620 g/mol. The summed E-state index contributed by atoms with van der Waals surface area (Å²) in [6.45, 7) is 13.2. The molecule has 11 N–H and O–H groups in total. The number of nitrogens with one attached hydrogen (secondary N) is 6. The Hall–Kier alpha value is -12.1. The number of β-amino-alcohol motifs (C(OH)–C–C–N with tert-alkyl or cyclic N) is 1. The van der Waals surface area contributed by atoms with Crippen molar-refractivity contribution in [3.63, 3.8) is 0 Å². The number of hydrogen-bond acceptors (Lipinski definition) is 23. The topological polar surface area (TPSA) is 421 Å². The molecule has 7 heterocycles. The van der Waals surface area contributed by atoms with E-state index in [1.807, 2.05) is 119 Å². The molecule has 0 radical (unpaired) electrons. The zero-order valence-electron chi connectivity index (χ0n) is 65.7. The Morgan fingerprint density at radius 3 is 2.15 bits per heavy atom. The molecule has 9 amide bonds. The number of nitrogens with zero attached hydrogens (tertiary/aromatic N) is 9. The van der Waals surface area contributed by atoms with Gasteiger partial charge in [-0.3, -0.25) is 43.5 Å². The summed E-state index contributed by atoms with van der Waals surface area (Å²) >= 11 is 1.57. The van der Waals surface area contributed by atoms with E-state index in [0.717, 1.165) is 76.4 Å². The Morgan fingerprint density at radius 2 is 1.46 bits per heavy atom. The molecule has 1 aliphatic carbocycles. The van der Waals surface area contributed by atoms with Gasteiger partial charge in [0.25, 0.3) is 5.88 Å². The number of anilines is 3. The molecule has 4 aliphatic heterocycles. The number of rotatable bonds is 31. The standard InChI is InChI=1S/C84H98N16O16S/c1-48(2)75(81(109)99-43-57(101)39-68(99)80(108)89-49(3)53-22-24-54(25-23-53)76-50(4)88-47-117-76)71-41-73(95-116-71)113-38-37-96-33-30-56(31-34-96)97-35-36-98-67-40-66(62-17-10-11-19-70(62)102)93-94-77(67)100(51(5)69(98)44-97)84(112)115-45-52-20-26-55(27-21-52)90-79(107)64(18-12-32-86-82(85)110)91-72(103)42-87-78(106)65(28-29-74(104)105)92-83(111)114-46-63-60-15-8-6-13-58(60)59-14-7-9-16-61(59)63/h6-11,13-17,19-27,40-41,47-49,51,56-57,63-65,68-69,75,101-102H,12,18,28-39,42-46H2,1-5H3,(H,87,106)(H,89,108)(H,90,107)(H,91,103)(H,92,111)(H,104,105)(H3,85,86,110)/t49-,51-,57+,64-,65-,68-,69-,75+/m0/s1. The van der Waals surface area contributed by atoms with E-state index in [4.69, 9.17) is 24.5 Å². The number of aliphatic hydroxyl groups is 1. The molecule has 5 aromatic carbocycles. The number of aromatic hydroxyl groups is 1. The van der Waals surface area contributed by atoms with Crippen LogP contribution in [0.3, 0.4) is 0 Å². The highest BCUT2D eigenvalue weighted by Gasteiger charge is 2.47. The maximum atomic E-state index is 14.7. The van der Waals surface area contributed by atoms with Crippen molar-refractivity contribution in [3.8, 4) is 44.5 Å². The van der Waals surface area contributed by atoms with Crippen LogP contribution in [0.25, 0.3) is 32.8 Å². The number of ether oxygens (including phenoxy) is 3. The van der Waals surface area contributed by atoms with Crippen LogP contribution in [-0.4, -0.2) is 219 Å². The normalized spacial score (nSPS) is 18.4. The lowest BCUT2D eigenvalue weighted by Crippen LogP contribution is -2.66. The van der Waals surface area contributed by atoms with Crippen LogP contribution in [0.15, 0.2) is 143 Å². The first kappa shape index (κ1) is 82.9. The first-order valence-corrected chi connectivity index (χ1v) is 40.4. The lowest BCUT2D eigenvalue weighted by Gasteiger charge is -2.53. The van der Waals surface area contributed by atoms with Gasteiger partial charge in [-0.25, -0.2) is 19.4 Å². The number of fused-ring (bicyclic) bond motifs is 6. The second-order valence-electron chi connectivity index (χ2n) is 30.5. The van der Waals surface area contributed by atoms with Gasteiger partial charge in [-0.05, 0) is 146 Å². The predicted molar refractivity (Wildman–Crippen MR) is 434 cm³/mol. The summed E-state index contributed by atoms with van der Waals surface area (Å²) in [6.07, 6.45) is -1.33. The number of para-hydroxylation sites is 1. The van der Waals surface area contributed by atoms with E-state index in [9.17, 15) is 58.5 Å². The summed E-state index contributed by atoms with van der Waals surface area (Å²) in [5.41, 5.74) is 16.3. The van der Waals surface area contributed by atoms with Crippen LogP contribution >= 0.6 is 11.3 Å². The van der Waals surface area contributed by atoms with E-state index < -0.39 is 91.1 Å². The molecule has 0 saturated carbocycles. The number of carboxylic acids is 1. The summed E-state index contributed by atoms with van der Waals surface area (Å²) in [6, 6.07) is 35.1. The number of phenolic OH excluding ortho intramolecular Hbond substituents is 1. The fraction of sp³-hybridized carbons (Fsp3) is 0.417. The smallest absolute Gasteiger partial charge is 0.416 e. The molecule has 117 heavy (non-hydrogen) atoms. The molecule has 32 nitrogen and oxygen atoms in total. The van der Waals surface area contributed by atoms with Gasteiger partial charge >= 0.3 is 24.2 Å². The second-order valence-corrected chi connectivity index (χ2v) is 31.4. The molecule has 3 aromatic heterocycles. The molecular weight excluding hydrogens is 1520 g/mol. The van der Waals surface area contributed by atoms with Crippen LogP contribution in [-0.2, 0) is 44.8 Å². The largest absolute Gasteiger partial charge is 0.507 e. The predicted octanol–water partition coefficient (Wildman–Crippen LogP) is 8.19. The van der Waals surface area contributed by atoms with Gasteiger partial charge in [-0.1, -0.05) is 111 Å². The number of benzene rings is 5. The molecular formula is C84H98N16O16S. The van der Waals surface area contributed by atoms with Gasteiger partial charge in [-0.15, -0.1) is 21.5 Å². The van der Waals surface area contributed by atoms with E-state index in [2.05, 4.69) is 66.9 Å². The number of aliphatic hydroxyl groups excluding tert-OH is 1. The number of urea groups is 1. The number of hydrogen-bond donors (Lipinski definition) is 10. The number of carbonyl (C=O) groups excluding carboxylic acids is 8. The van der Waals surface area contributed by atoms with Crippen LogP contribution < -0.4 is 52.2 Å². The van der Waals surface area contributed by atoms with Crippen molar-refractivity contribution in [2.45, 2.75) is 146 Å². The first-order valence-electron chi connectivity index (χ1n) is 39.5. The van der Waals surface area contributed by atoms with Gasteiger partial charge in [0.15, 0.2) is 11.6 Å². The number of piperazine rings is 1. The SMILES string of the molecule is Cc1ncsc1-c1ccc([C@H](C)NC(=O)[C@@H]2C[C@@H](O)CN2C(=O)[C@@H](c2cc(OCCN3CCC(N4CCN5c6cc(-c7ccccc7O)nnc6N(C(=O)OCc6ccc(NC(=O)[C@H](CCCNC(N)=O)NC(=O)CNC(=O)[C@H](CCC(=O)O)NC(=O)OCC7c8ccccc8-c8ccccc87)cc6)[C@@H](C)[C@@H]5C4)CC3)no2)C(C)C)cc1. The number of nitrogens with two attached hydrogens (primary N) is 1. The number of primary amides is 1. The van der Waals surface area contributed by atoms with Crippen molar-refractivity contribution in [2.24, 2.45) is 11.7 Å². The molecule has 0 bridgehead atoms. The van der Waals surface area contributed by atoms with Gasteiger partial charge < -0.3 is 81.5 Å². The Bertz CT molecular complexity index is 4860. The number of phenols is 1. The Labute approximate surface area is 680 Å². The lowest BCUT2D eigenvalue weighted by atomic mass is 9.91. The molecule has 616 valence electrons. The molecule has 5 aliphatic rings. The average Bonchev–Trinajstić information content (AvgIpc) is 1.43.